The molecule has 100 valence electrons. The summed E-state index contributed by atoms with van der Waals surface area (Å²) in [4.78, 5) is 20.5. The van der Waals surface area contributed by atoms with Gasteiger partial charge in [0.15, 0.2) is 5.82 Å². The molecular weight excluding hydrogens is 256 g/mol. The zero-order valence-electron chi connectivity index (χ0n) is 10.5. The van der Waals surface area contributed by atoms with E-state index in [-0.39, 0.29) is 12.2 Å². The number of aliphatic hydroxyl groups excluding tert-OH is 1. The number of aliphatic hydroxyl groups is 1. The summed E-state index contributed by atoms with van der Waals surface area (Å²) in [5, 5.41) is 11.8. The van der Waals surface area contributed by atoms with Crippen molar-refractivity contribution in [1.29, 1.82) is 0 Å². The van der Waals surface area contributed by atoms with Crippen molar-refractivity contribution in [3.05, 3.63) is 65.0 Å². The van der Waals surface area contributed by atoms with Crippen LogP contribution in [0.25, 0.3) is 16.9 Å². The normalized spacial score (nSPS) is 10.7. The zero-order chi connectivity index (χ0) is 13.9. The second kappa shape index (κ2) is 5.10. The number of nitrogens with zero attached hydrogens (tertiary/aromatic N) is 3. The van der Waals surface area contributed by atoms with Gasteiger partial charge in [0.2, 0.25) is 0 Å². The molecule has 6 heteroatoms. The van der Waals surface area contributed by atoms with Crippen LogP contribution in [0.15, 0.2) is 53.7 Å². The molecule has 0 radical (unpaired) electrons. The number of H-pyrrole nitrogens is 1. The van der Waals surface area contributed by atoms with Crippen molar-refractivity contribution >= 4 is 0 Å². The van der Waals surface area contributed by atoms with Crippen LogP contribution in [0.5, 0.6) is 0 Å². The van der Waals surface area contributed by atoms with Crippen LogP contribution in [0.1, 0.15) is 5.69 Å². The third-order valence-electron chi connectivity index (χ3n) is 2.95. The van der Waals surface area contributed by atoms with E-state index >= 15 is 0 Å². The molecule has 0 amide bonds. The topological polar surface area (TPSA) is 83.8 Å². The van der Waals surface area contributed by atoms with E-state index in [2.05, 4.69) is 15.1 Å². The first-order chi connectivity index (χ1) is 9.79. The molecular formula is C14H12N4O2. The largest absolute Gasteiger partial charge is 0.390 e. The molecule has 3 rings (SSSR count). The fourth-order valence-electron chi connectivity index (χ4n) is 1.91. The lowest BCUT2D eigenvalue weighted by Crippen LogP contribution is -2.16. The van der Waals surface area contributed by atoms with Gasteiger partial charge < -0.3 is 5.11 Å². The number of hydrogen-bond acceptors (Lipinski definition) is 4. The Morgan fingerprint density at radius 2 is 2.10 bits per heavy atom. The van der Waals surface area contributed by atoms with Crippen molar-refractivity contribution in [3.8, 4) is 16.9 Å². The van der Waals surface area contributed by atoms with E-state index in [9.17, 15) is 4.79 Å². The summed E-state index contributed by atoms with van der Waals surface area (Å²) >= 11 is 0. The van der Waals surface area contributed by atoms with Gasteiger partial charge in [-0.25, -0.2) is 9.67 Å². The lowest BCUT2D eigenvalue weighted by Gasteiger charge is -1.99. The summed E-state index contributed by atoms with van der Waals surface area (Å²) in [5.41, 5.74) is 1.57. The van der Waals surface area contributed by atoms with Crippen molar-refractivity contribution in [1.82, 2.24) is 19.7 Å². The lowest BCUT2D eigenvalue weighted by molar-refractivity contribution is 0.277. The Kier molecular flexibility index (Phi) is 3.14. The SMILES string of the molecule is O=c1c(-c2ccc(CO)nc2)c[nH]n1-c1ccccn1. The van der Waals surface area contributed by atoms with E-state index < -0.39 is 0 Å². The molecule has 3 aromatic rings. The molecule has 0 fully saturated rings. The smallest absolute Gasteiger partial charge is 0.280 e. The van der Waals surface area contributed by atoms with E-state index in [4.69, 9.17) is 5.11 Å². The second-order valence-electron chi connectivity index (χ2n) is 4.21. The number of rotatable bonds is 3. The zero-order valence-corrected chi connectivity index (χ0v) is 10.5. The van der Waals surface area contributed by atoms with Crippen molar-refractivity contribution in [2.24, 2.45) is 0 Å². The van der Waals surface area contributed by atoms with Gasteiger partial charge in [0, 0.05) is 24.2 Å². The third kappa shape index (κ3) is 2.12. The van der Waals surface area contributed by atoms with Crippen LogP contribution in [0.2, 0.25) is 0 Å². The van der Waals surface area contributed by atoms with E-state index in [1.807, 2.05) is 6.07 Å². The van der Waals surface area contributed by atoms with Gasteiger partial charge in [-0.3, -0.25) is 14.9 Å². The minimum atomic E-state index is -0.192. The quantitative estimate of drug-likeness (QED) is 0.745. The minimum Gasteiger partial charge on any atom is -0.390 e. The molecule has 0 aromatic carbocycles. The highest BCUT2D eigenvalue weighted by atomic mass is 16.3. The highest BCUT2D eigenvalue weighted by molar-refractivity contribution is 5.60. The van der Waals surface area contributed by atoms with Crippen LogP contribution >= 0.6 is 0 Å². The Morgan fingerprint density at radius 1 is 1.20 bits per heavy atom. The summed E-state index contributed by atoms with van der Waals surface area (Å²) in [6.07, 6.45) is 4.81. The van der Waals surface area contributed by atoms with E-state index in [0.29, 0.717) is 22.6 Å². The molecule has 20 heavy (non-hydrogen) atoms. The molecule has 0 spiro atoms. The summed E-state index contributed by atoms with van der Waals surface area (Å²) < 4.78 is 1.37. The monoisotopic (exact) mass is 268 g/mol. The fourth-order valence-corrected chi connectivity index (χ4v) is 1.91. The highest BCUT2D eigenvalue weighted by Crippen LogP contribution is 2.14. The van der Waals surface area contributed by atoms with Crippen LogP contribution in [-0.4, -0.2) is 24.9 Å². The summed E-state index contributed by atoms with van der Waals surface area (Å²) in [5.74, 6) is 0.531. The maximum Gasteiger partial charge on any atom is 0.280 e. The third-order valence-corrected chi connectivity index (χ3v) is 2.95. The maximum atomic E-state index is 12.3. The predicted octanol–water partition coefficient (Wildman–Crippen LogP) is 1.11. The Bertz CT molecular complexity index is 760. The van der Waals surface area contributed by atoms with E-state index in [0.717, 1.165) is 0 Å². The maximum absolute atomic E-state index is 12.3. The number of nitrogens with one attached hydrogen (secondary N) is 1. The molecule has 0 aliphatic carbocycles. The molecule has 6 nitrogen and oxygen atoms in total. The molecule has 0 saturated carbocycles. The summed E-state index contributed by atoms with van der Waals surface area (Å²) in [6, 6.07) is 8.79. The fraction of sp³-hybridized carbons (Fsp3) is 0.0714. The molecule has 0 bridgehead atoms. The molecule has 3 aromatic heterocycles. The number of aromatic amines is 1. The number of hydrogen-bond donors (Lipinski definition) is 2. The van der Waals surface area contributed by atoms with Crippen LogP contribution < -0.4 is 5.56 Å². The molecule has 2 N–H and O–H groups in total. The van der Waals surface area contributed by atoms with Gasteiger partial charge in [-0.2, -0.15) is 0 Å². The predicted molar refractivity (Wildman–Crippen MR) is 73.3 cm³/mol. The summed E-state index contributed by atoms with van der Waals surface area (Å²) in [6.45, 7) is -0.119. The van der Waals surface area contributed by atoms with Gasteiger partial charge in [-0.15, -0.1) is 0 Å². The Balaban J connectivity index is 2.04. The van der Waals surface area contributed by atoms with Crippen LogP contribution in [0.4, 0.5) is 0 Å². The summed E-state index contributed by atoms with van der Waals surface area (Å²) in [7, 11) is 0. The van der Waals surface area contributed by atoms with Crippen LogP contribution in [0, 0.1) is 0 Å². The molecule has 0 atom stereocenters. The van der Waals surface area contributed by atoms with Gasteiger partial charge in [0.05, 0.1) is 17.9 Å². The first-order valence-electron chi connectivity index (χ1n) is 6.07. The minimum absolute atomic E-state index is 0.119. The van der Waals surface area contributed by atoms with Crippen molar-refractivity contribution in [2.45, 2.75) is 6.61 Å². The van der Waals surface area contributed by atoms with Gasteiger partial charge in [0.1, 0.15) is 0 Å². The Hall–Kier alpha value is -2.73. The van der Waals surface area contributed by atoms with Crippen LogP contribution in [0.3, 0.4) is 0 Å². The number of pyridine rings is 2. The first kappa shape index (κ1) is 12.3. The molecule has 0 aliphatic heterocycles. The standard InChI is InChI=1S/C14H12N4O2/c19-9-11-5-4-10(7-16-11)12-8-17-18(14(12)20)13-3-1-2-6-15-13/h1-8,17,19H,9H2. The lowest BCUT2D eigenvalue weighted by atomic mass is 10.1. The first-order valence-corrected chi connectivity index (χ1v) is 6.07. The molecule has 0 unspecified atom stereocenters. The van der Waals surface area contributed by atoms with Gasteiger partial charge >= 0.3 is 0 Å². The average molecular weight is 268 g/mol. The molecule has 0 aliphatic rings. The van der Waals surface area contributed by atoms with Gasteiger partial charge in [-0.05, 0) is 18.2 Å². The van der Waals surface area contributed by atoms with Crippen LogP contribution in [-0.2, 0) is 6.61 Å². The number of aromatic nitrogens is 4. The van der Waals surface area contributed by atoms with E-state index in [1.165, 1.54) is 4.68 Å². The van der Waals surface area contributed by atoms with Crippen molar-refractivity contribution < 1.29 is 5.11 Å². The Labute approximate surface area is 114 Å². The second-order valence-corrected chi connectivity index (χ2v) is 4.21. The van der Waals surface area contributed by atoms with Crippen molar-refractivity contribution in [2.75, 3.05) is 0 Å². The van der Waals surface area contributed by atoms with E-state index in [1.54, 1.807) is 42.9 Å². The van der Waals surface area contributed by atoms with Gasteiger partial charge in [-0.1, -0.05) is 12.1 Å². The Morgan fingerprint density at radius 3 is 2.75 bits per heavy atom. The highest BCUT2D eigenvalue weighted by Gasteiger charge is 2.10. The van der Waals surface area contributed by atoms with Gasteiger partial charge in [0.25, 0.3) is 5.56 Å². The van der Waals surface area contributed by atoms with Crippen molar-refractivity contribution in [3.63, 3.8) is 0 Å². The molecule has 3 heterocycles. The molecule has 0 saturated heterocycles. The average Bonchev–Trinajstić information content (AvgIpc) is 2.90.